The van der Waals surface area contributed by atoms with Gasteiger partial charge in [-0.2, -0.15) is 0 Å². The van der Waals surface area contributed by atoms with E-state index in [2.05, 4.69) is 0 Å². The van der Waals surface area contributed by atoms with E-state index in [-0.39, 0.29) is 22.8 Å². The van der Waals surface area contributed by atoms with Crippen molar-refractivity contribution in [3.05, 3.63) is 47.5 Å². The largest absolute Gasteiger partial charge is 0.508 e. The van der Waals surface area contributed by atoms with E-state index >= 15 is 0 Å². The van der Waals surface area contributed by atoms with E-state index in [1.165, 1.54) is 24.3 Å². The molecule has 2 atom stereocenters. The lowest BCUT2D eigenvalue weighted by atomic mass is 9.89. The van der Waals surface area contributed by atoms with Crippen LogP contribution in [-0.2, 0) is 4.74 Å². The molecule has 7 heteroatoms. The molecule has 7 nitrogen and oxygen atoms in total. The number of Topliss-reactive ketones (excluding diaryl/α,β-unsaturated/α-hetero) is 1. The highest BCUT2D eigenvalue weighted by molar-refractivity contribution is 6.07. The molecule has 0 fully saturated rings. The lowest BCUT2D eigenvalue weighted by Gasteiger charge is -2.38. The lowest BCUT2D eigenvalue weighted by molar-refractivity contribution is -0.205. The van der Waals surface area contributed by atoms with E-state index < -0.39 is 23.4 Å². The zero-order valence-corrected chi connectivity index (χ0v) is 12.1. The Balaban J connectivity index is 2.17. The number of ketones is 1. The summed E-state index contributed by atoms with van der Waals surface area (Å²) in [5.41, 5.74) is 0.0937. The van der Waals surface area contributed by atoms with Crippen LogP contribution >= 0.6 is 0 Å². The van der Waals surface area contributed by atoms with Gasteiger partial charge in [-0.25, -0.2) is 0 Å². The van der Waals surface area contributed by atoms with Crippen molar-refractivity contribution in [1.29, 1.82) is 0 Å². The van der Waals surface area contributed by atoms with Crippen LogP contribution in [0.1, 0.15) is 22.0 Å². The number of carbonyl (C=O) groups is 1. The van der Waals surface area contributed by atoms with Gasteiger partial charge in [0.15, 0.2) is 6.10 Å². The van der Waals surface area contributed by atoms with Gasteiger partial charge in [-0.1, -0.05) is 12.1 Å². The van der Waals surface area contributed by atoms with Crippen LogP contribution < -0.4 is 4.74 Å². The molecule has 0 saturated heterocycles. The molecule has 23 heavy (non-hydrogen) atoms. The maximum Gasteiger partial charge on any atom is 0.274 e. The summed E-state index contributed by atoms with van der Waals surface area (Å²) in [4.78, 5) is 12.6. The summed E-state index contributed by atoms with van der Waals surface area (Å²) in [6, 6.07) is 7.80. The predicted octanol–water partition coefficient (Wildman–Crippen LogP) is 1.45. The second-order valence-corrected chi connectivity index (χ2v) is 5.16. The highest BCUT2D eigenvalue weighted by atomic mass is 16.7. The molecular formula is C16H14O7. The van der Waals surface area contributed by atoms with Crippen molar-refractivity contribution >= 4 is 5.78 Å². The molecule has 0 spiro atoms. The van der Waals surface area contributed by atoms with Gasteiger partial charge in [-0.05, 0) is 17.7 Å². The quantitative estimate of drug-likeness (QED) is 0.619. The Bertz CT molecular complexity index is 769. The Morgan fingerprint density at radius 2 is 1.74 bits per heavy atom. The summed E-state index contributed by atoms with van der Waals surface area (Å²) in [7, 11) is 1.14. The van der Waals surface area contributed by atoms with Crippen molar-refractivity contribution in [3.63, 3.8) is 0 Å². The van der Waals surface area contributed by atoms with E-state index in [9.17, 15) is 25.2 Å². The minimum absolute atomic E-state index is 0.00697. The molecule has 3 rings (SSSR count). The summed E-state index contributed by atoms with van der Waals surface area (Å²) in [5, 5.41) is 39.4. The molecule has 2 aromatic carbocycles. The van der Waals surface area contributed by atoms with Crippen LogP contribution in [0.2, 0.25) is 0 Å². The second-order valence-electron chi connectivity index (χ2n) is 5.16. The highest BCUT2D eigenvalue weighted by Gasteiger charge is 2.53. The molecule has 120 valence electrons. The van der Waals surface area contributed by atoms with Crippen molar-refractivity contribution < 1.29 is 34.7 Å². The van der Waals surface area contributed by atoms with Gasteiger partial charge in [-0.15, -0.1) is 0 Å². The number of benzene rings is 2. The number of aliphatic hydroxyl groups is 1. The Morgan fingerprint density at radius 3 is 2.35 bits per heavy atom. The normalized spacial score (nSPS) is 23.2. The maximum atomic E-state index is 12.6. The van der Waals surface area contributed by atoms with Crippen LogP contribution in [0.15, 0.2) is 36.4 Å². The fourth-order valence-electron chi connectivity index (χ4n) is 2.56. The number of ether oxygens (including phenoxy) is 2. The third-order valence-electron chi connectivity index (χ3n) is 3.73. The van der Waals surface area contributed by atoms with E-state index in [1.807, 2.05) is 0 Å². The first-order valence-corrected chi connectivity index (χ1v) is 6.70. The number of rotatable bonds is 2. The third-order valence-corrected chi connectivity index (χ3v) is 3.73. The number of fused-ring (bicyclic) bond motifs is 1. The number of methoxy groups -OCH3 is 1. The maximum absolute atomic E-state index is 12.6. The third kappa shape index (κ3) is 2.26. The minimum Gasteiger partial charge on any atom is -0.508 e. The summed E-state index contributed by atoms with van der Waals surface area (Å²) in [6.45, 7) is 0. The van der Waals surface area contributed by atoms with Crippen molar-refractivity contribution in [2.24, 2.45) is 0 Å². The molecule has 1 aliphatic rings. The fourth-order valence-corrected chi connectivity index (χ4v) is 2.56. The van der Waals surface area contributed by atoms with Gasteiger partial charge in [0.05, 0.1) is 0 Å². The monoisotopic (exact) mass is 318 g/mol. The first-order chi connectivity index (χ1) is 10.9. The lowest BCUT2D eigenvalue weighted by Crippen LogP contribution is -2.51. The number of phenols is 3. The van der Waals surface area contributed by atoms with Crippen LogP contribution in [0.5, 0.6) is 23.0 Å². The van der Waals surface area contributed by atoms with E-state index in [1.54, 1.807) is 0 Å². The average Bonchev–Trinajstić information content (AvgIpc) is 2.51. The smallest absolute Gasteiger partial charge is 0.274 e. The Hall–Kier alpha value is -2.77. The van der Waals surface area contributed by atoms with Crippen molar-refractivity contribution in [3.8, 4) is 23.0 Å². The summed E-state index contributed by atoms with van der Waals surface area (Å²) < 4.78 is 10.6. The van der Waals surface area contributed by atoms with Crippen LogP contribution in [0.4, 0.5) is 0 Å². The number of hydrogen-bond acceptors (Lipinski definition) is 7. The van der Waals surface area contributed by atoms with Crippen molar-refractivity contribution in [1.82, 2.24) is 0 Å². The Morgan fingerprint density at radius 1 is 1.09 bits per heavy atom. The van der Waals surface area contributed by atoms with Gasteiger partial charge in [-0.3, -0.25) is 4.79 Å². The number of phenolic OH excluding ortho intramolecular Hbond substituents is 3. The topological polar surface area (TPSA) is 116 Å². The standard InChI is InChI=1S/C16H14O7/c1-22-16(21)14(20)13-11(19)6-10(18)7-12(13)23-15(16)8-2-4-9(17)5-3-8/h2-7,15,17-19,21H,1H3. The van der Waals surface area contributed by atoms with E-state index in [4.69, 9.17) is 9.47 Å². The number of aromatic hydroxyl groups is 3. The van der Waals surface area contributed by atoms with Crippen molar-refractivity contribution in [2.75, 3.05) is 7.11 Å². The first kappa shape index (κ1) is 15.1. The van der Waals surface area contributed by atoms with Crippen LogP contribution in [-0.4, -0.2) is 39.1 Å². The molecule has 0 saturated carbocycles. The molecule has 1 heterocycles. The fraction of sp³-hybridized carbons (Fsp3) is 0.188. The molecule has 1 aliphatic heterocycles. The Labute approximate surface area is 131 Å². The highest BCUT2D eigenvalue weighted by Crippen LogP contribution is 2.46. The molecule has 2 aromatic rings. The molecule has 4 N–H and O–H groups in total. The van der Waals surface area contributed by atoms with Gasteiger partial charge in [0.25, 0.3) is 5.79 Å². The van der Waals surface area contributed by atoms with Gasteiger partial charge in [0, 0.05) is 19.2 Å². The van der Waals surface area contributed by atoms with Crippen LogP contribution in [0.3, 0.4) is 0 Å². The van der Waals surface area contributed by atoms with Gasteiger partial charge in [0.2, 0.25) is 5.78 Å². The van der Waals surface area contributed by atoms with Crippen molar-refractivity contribution in [2.45, 2.75) is 11.9 Å². The number of carbonyl (C=O) groups excluding carboxylic acids is 1. The molecule has 2 unspecified atom stereocenters. The Kier molecular flexibility index (Phi) is 3.39. The van der Waals surface area contributed by atoms with Crippen LogP contribution in [0, 0.1) is 0 Å². The zero-order chi connectivity index (χ0) is 16.8. The van der Waals surface area contributed by atoms with Gasteiger partial charge < -0.3 is 29.9 Å². The predicted molar refractivity (Wildman–Crippen MR) is 77.5 cm³/mol. The summed E-state index contributed by atoms with van der Waals surface area (Å²) >= 11 is 0. The van der Waals surface area contributed by atoms with Crippen LogP contribution in [0.25, 0.3) is 0 Å². The molecule has 0 radical (unpaired) electrons. The molecule has 0 aromatic heterocycles. The summed E-state index contributed by atoms with van der Waals surface area (Å²) in [5.74, 6) is -4.14. The molecule has 0 aliphatic carbocycles. The number of hydrogen-bond donors (Lipinski definition) is 4. The minimum atomic E-state index is -2.36. The first-order valence-electron chi connectivity index (χ1n) is 6.70. The van der Waals surface area contributed by atoms with E-state index in [0.29, 0.717) is 5.56 Å². The van der Waals surface area contributed by atoms with E-state index in [0.717, 1.165) is 19.2 Å². The zero-order valence-electron chi connectivity index (χ0n) is 12.1. The summed E-state index contributed by atoms with van der Waals surface area (Å²) in [6.07, 6.45) is -1.24. The molecule has 0 bridgehead atoms. The molecule has 0 amide bonds. The SMILES string of the molecule is COC1(O)C(=O)c2c(O)cc(O)cc2OC1c1ccc(O)cc1. The van der Waals surface area contributed by atoms with Gasteiger partial charge >= 0.3 is 0 Å². The van der Waals surface area contributed by atoms with Gasteiger partial charge in [0.1, 0.15) is 28.6 Å². The second kappa shape index (κ2) is 5.15. The molecular weight excluding hydrogens is 304 g/mol. The average molecular weight is 318 g/mol.